The Hall–Kier alpha value is -4.39. The summed E-state index contributed by atoms with van der Waals surface area (Å²) in [4.78, 5) is 42.9. The first-order valence-corrected chi connectivity index (χ1v) is 12.7. The molecule has 7 nitrogen and oxygen atoms in total. The van der Waals surface area contributed by atoms with E-state index in [0.717, 1.165) is 27.8 Å². The van der Waals surface area contributed by atoms with E-state index >= 15 is 0 Å². The SMILES string of the molecule is COC(=O)C[C@H]1Cc2ccccc2CN1C(=O)[C@H]1C=C(c2ccccc2)CN1C(=O)OCc1ccccc1. The summed E-state index contributed by atoms with van der Waals surface area (Å²) < 4.78 is 10.6. The molecule has 194 valence electrons. The van der Waals surface area contributed by atoms with E-state index in [1.807, 2.05) is 91.0 Å². The second kappa shape index (κ2) is 11.3. The fraction of sp³-hybridized carbons (Fsp3) is 0.258. The van der Waals surface area contributed by atoms with Crippen LogP contribution in [0.1, 0.15) is 28.7 Å². The molecule has 0 radical (unpaired) electrons. The first-order valence-electron chi connectivity index (χ1n) is 12.7. The van der Waals surface area contributed by atoms with Crippen LogP contribution in [0.25, 0.3) is 5.57 Å². The van der Waals surface area contributed by atoms with Gasteiger partial charge in [0.1, 0.15) is 12.6 Å². The molecule has 2 amide bonds. The number of benzene rings is 3. The molecule has 0 N–H and O–H groups in total. The van der Waals surface area contributed by atoms with Crippen molar-refractivity contribution in [1.82, 2.24) is 9.80 Å². The average molecular weight is 511 g/mol. The third-order valence-corrected chi connectivity index (χ3v) is 7.14. The van der Waals surface area contributed by atoms with Gasteiger partial charge in [-0.3, -0.25) is 14.5 Å². The lowest BCUT2D eigenvalue weighted by Crippen LogP contribution is -2.53. The number of nitrogens with zero attached hydrogens (tertiary/aromatic N) is 2. The van der Waals surface area contributed by atoms with Gasteiger partial charge in [-0.25, -0.2) is 4.79 Å². The van der Waals surface area contributed by atoms with Crippen LogP contribution in [0.3, 0.4) is 0 Å². The lowest BCUT2D eigenvalue weighted by atomic mass is 9.91. The summed E-state index contributed by atoms with van der Waals surface area (Å²) in [7, 11) is 1.35. The highest BCUT2D eigenvalue weighted by molar-refractivity contribution is 5.93. The molecule has 0 saturated carbocycles. The Bertz CT molecular complexity index is 1340. The summed E-state index contributed by atoms with van der Waals surface area (Å²) in [6.45, 7) is 0.717. The van der Waals surface area contributed by atoms with Crippen LogP contribution in [0.15, 0.2) is 91.0 Å². The predicted molar refractivity (Wildman–Crippen MR) is 143 cm³/mol. The molecule has 0 spiro atoms. The van der Waals surface area contributed by atoms with Crippen LogP contribution in [0.5, 0.6) is 0 Å². The molecule has 3 aromatic carbocycles. The van der Waals surface area contributed by atoms with E-state index in [1.54, 1.807) is 4.90 Å². The van der Waals surface area contributed by atoms with Gasteiger partial charge in [-0.2, -0.15) is 0 Å². The van der Waals surface area contributed by atoms with Gasteiger partial charge in [0, 0.05) is 12.6 Å². The second-order valence-electron chi connectivity index (χ2n) is 9.54. The Morgan fingerprint density at radius 3 is 2.18 bits per heavy atom. The number of ether oxygens (including phenoxy) is 2. The lowest BCUT2D eigenvalue weighted by molar-refractivity contribution is -0.145. The lowest BCUT2D eigenvalue weighted by Gasteiger charge is -2.39. The fourth-order valence-electron chi connectivity index (χ4n) is 5.11. The molecular formula is C31H30N2O5. The number of amides is 2. The van der Waals surface area contributed by atoms with Gasteiger partial charge in [0.25, 0.3) is 0 Å². The number of hydrogen-bond donors (Lipinski definition) is 0. The van der Waals surface area contributed by atoms with Crippen molar-refractivity contribution in [1.29, 1.82) is 0 Å². The van der Waals surface area contributed by atoms with Gasteiger partial charge in [0.2, 0.25) is 5.91 Å². The van der Waals surface area contributed by atoms with Gasteiger partial charge < -0.3 is 14.4 Å². The quantitative estimate of drug-likeness (QED) is 0.453. The van der Waals surface area contributed by atoms with Crippen molar-refractivity contribution >= 4 is 23.5 Å². The monoisotopic (exact) mass is 510 g/mol. The molecule has 3 aromatic rings. The van der Waals surface area contributed by atoms with Crippen LogP contribution in [-0.4, -0.2) is 53.5 Å². The Labute approximate surface area is 222 Å². The van der Waals surface area contributed by atoms with E-state index in [2.05, 4.69) is 0 Å². The predicted octanol–water partition coefficient (Wildman–Crippen LogP) is 4.61. The summed E-state index contributed by atoms with van der Waals surface area (Å²) >= 11 is 0. The molecule has 0 aromatic heterocycles. The Balaban J connectivity index is 1.43. The molecular weight excluding hydrogens is 480 g/mol. The smallest absolute Gasteiger partial charge is 0.411 e. The number of esters is 1. The fourth-order valence-corrected chi connectivity index (χ4v) is 5.11. The zero-order chi connectivity index (χ0) is 26.5. The van der Waals surface area contributed by atoms with E-state index in [9.17, 15) is 14.4 Å². The highest BCUT2D eigenvalue weighted by Gasteiger charge is 2.41. The van der Waals surface area contributed by atoms with Gasteiger partial charge in [-0.05, 0) is 40.3 Å². The topological polar surface area (TPSA) is 76.2 Å². The third-order valence-electron chi connectivity index (χ3n) is 7.14. The normalized spacial score (nSPS) is 18.4. The first kappa shape index (κ1) is 25.3. The molecule has 2 atom stereocenters. The summed E-state index contributed by atoms with van der Waals surface area (Å²) in [5, 5.41) is 0. The standard InChI is InChI=1S/C31H30N2O5/c1-37-29(34)18-27-16-24-14-8-9-15-25(24)19-32(27)30(35)28-17-26(23-12-6-3-7-13-23)20-33(28)31(36)38-21-22-10-4-2-5-11-22/h2-15,17,27-28H,16,18-21H2,1H3/t27-,28-/m1/s1. The summed E-state index contributed by atoms with van der Waals surface area (Å²) in [6, 6.07) is 25.8. The molecule has 0 unspecified atom stereocenters. The summed E-state index contributed by atoms with van der Waals surface area (Å²) in [6.07, 6.45) is 1.90. The van der Waals surface area contributed by atoms with Crippen LogP contribution in [0.2, 0.25) is 0 Å². The van der Waals surface area contributed by atoms with Crippen molar-refractivity contribution in [2.24, 2.45) is 0 Å². The van der Waals surface area contributed by atoms with Crippen molar-refractivity contribution in [2.45, 2.75) is 38.1 Å². The maximum atomic E-state index is 14.1. The largest absolute Gasteiger partial charge is 0.469 e. The molecule has 5 rings (SSSR count). The number of fused-ring (bicyclic) bond motifs is 1. The maximum absolute atomic E-state index is 14.1. The zero-order valence-electron chi connectivity index (χ0n) is 21.3. The molecule has 0 saturated heterocycles. The Morgan fingerprint density at radius 2 is 1.47 bits per heavy atom. The highest BCUT2D eigenvalue weighted by atomic mass is 16.6. The Kier molecular flexibility index (Phi) is 7.54. The maximum Gasteiger partial charge on any atom is 0.411 e. The molecule has 38 heavy (non-hydrogen) atoms. The van der Waals surface area contributed by atoms with Gasteiger partial charge in [-0.15, -0.1) is 0 Å². The van der Waals surface area contributed by atoms with Crippen molar-refractivity contribution in [3.63, 3.8) is 0 Å². The van der Waals surface area contributed by atoms with Gasteiger partial charge in [0.15, 0.2) is 0 Å². The summed E-state index contributed by atoms with van der Waals surface area (Å²) in [5.74, 6) is -0.616. The molecule has 2 heterocycles. The number of hydrogen-bond acceptors (Lipinski definition) is 5. The average Bonchev–Trinajstić information content (AvgIpc) is 3.42. The van der Waals surface area contributed by atoms with E-state index in [0.29, 0.717) is 13.0 Å². The van der Waals surface area contributed by atoms with E-state index in [1.165, 1.54) is 12.0 Å². The highest BCUT2D eigenvalue weighted by Crippen LogP contribution is 2.31. The van der Waals surface area contributed by atoms with Crippen molar-refractivity contribution in [3.05, 3.63) is 113 Å². The van der Waals surface area contributed by atoms with E-state index < -0.39 is 12.1 Å². The van der Waals surface area contributed by atoms with Crippen LogP contribution in [-0.2, 0) is 38.6 Å². The van der Waals surface area contributed by atoms with Gasteiger partial charge in [0.05, 0.1) is 20.1 Å². The Morgan fingerprint density at radius 1 is 0.816 bits per heavy atom. The number of methoxy groups -OCH3 is 1. The molecule has 2 aliphatic heterocycles. The van der Waals surface area contributed by atoms with Crippen molar-refractivity contribution in [2.75, 3.05) is 13.7 Å². The third kappa shape index (κ3) is 5.47. The molecule has 0 bridgehead atoms. The number of rotatable bonds is 6. The van der Waals surface area contributed by atoms with E-state index in [-0.39, 0.29) is 37.5 Å². The minimum absolute atomic E-state index is 0.0804. The van der Waals surface area contributed by atoms with Crippen molar-refractivity contribution in [3.8, 4) is 0 Å². The second-order valence-corrected chi connectivity index (χ2v) is 9.54. The van der Waals surface area contributed by atoms with Crippen LogP contribution < -0.4 is 0 Å². The summed E-state index contributed by atoms with van der Waals surface area (Å²) in [5.41, 5.74) is 4.83. The van der Waals surface area contributed by atoms with Crippen LogP contribution in [0.4, 0.5) is 4.79 Å². The molecule has 7 heteroatoms. The molecule has 0 aliphatic carbocycles. The van der Waals surface area contributed by atoms with Crippen molar-refractivity contribution < 1.29 is 23.9 Å². The minimum atomic E-state index is -0.848. The van der Waals surface area contributed by atoms with Crippen LogP contribution >= 0.6 is 0 Å². The van der Waals surface area contributed by atoms with Gasteiger partial charge >= 0.3 is 12.1 Å². The van der Waals surface area contributed by atoms with Gasteiger partial charge in [-0.1, -0.05) is 84.9 Å². The number of carbonyl (C=O) groups excluding carboxylic acids is 3. The zero-order valence-corrected chi connectivity index (χ0v) is 21.3. The van der Waals surface area contributed by atoms with E-state index in [4.69, 9.17) is 9.47 Å². The molecule has 0 fully saturated rings. The first-order chi connectivity index (χ1) is 18.5. The molecule has 2 aliphatic rings. The van der Waals surface area contributed by atoms with Crippen LogP contribution in [0, 0.1) is 0 Å². The minimum Gasteiger partial charge on any atom is -0.469 e. The number of carbonyl (C=O) groups is 3.